The van der Waals surface area contributed by atoms with Gasteiger partial charge in [-0.05, 0) is 50.6 Å². The molecule has 30 heavy (non-hydrogen) atoms. The molecular weight excluding hydrogens is 519 g/mol. The number of nitrogens with one attached hydrogen (secondary N) is 2. The number of hydrogen-bond donors (Lipinski definition) is 3. The van der Waals surface area contributed by atoms with Crippen LogP contribution in [0.5, 0.6) is 5.75 Å². The van der Waals surface area contributed by atoms with Gasteiger partial charge in [0.05, 0.1) is 25.6 Å². The van der Waals surface area contributed by atoms with E-state index in [2.05, 4.69) is 20.5 Å². The van der Waals surface area contributed by atoms with E-state index >= 15 is 0 Å². The van der Waals surface area contributed by atoms with Crippen LogP contribution >= 0.6 is 35.6 Å². The highest BCUT2D eigenvalue weighted by Crippen LogP contribution is 2.33. The zero-order chi connectivity index (χ0) is 20.9. The van der Waals surface area contributed by atoms with Crippen LogP contribution in [0.25, 0.3) is 0 Å². The fraction of sp³-hybridized carbons (Fsp3) is 0.476. The third-order valence-corrected chi connectivity index (χ3v) is 5.19. The highest BCUT2D eigenvalue weighted by atomic mass is 127. The lowest BCUT2D eigenvalue weighted by molar-refractivity contribution is 0.0437. The molecule has 0 saturated carbocycles. The molecule has 0 spiro atoms. The summed E-state index contributed by atoms with van der Waals surface area (Å²) < 4.78 is 10.8. The number of anilines is 1. The molecular formula is C21H30ClIN4O3. The number of benzene rings is 1. The van der Waals surface area contributed by atoms with Crippen molar-refractivity contribution in [2.45, 2.75) is 31.9 Å². The van der Waals surface area contributed by atoms with Crippen molar-refractivity contribution >= 4 is 47.2 Å². The quantitative estimate of drug-likeness (QED) is 0.279. The summed E-state index contributed by atoms with van der Waals surface area (Å²) in [7, 11) is 1.67. The van der Waals surface area contributed by atoms with Gasteiger partial charge in [-0.1, -0.05) is 11.6 Å². The number of nitrogens with zero attached hydrogens (tertiary/aromatic N) is 2. The van der Waals surface area contributed by atoms with Gasteiger partial charge < -0.3 is 29.8 Å². The second-order valence-corrected chi connectivity index (χ2v) is 7.77. The Morgan fingerprint density at radius 1 is 1.43 bits per heavy atom. The summed E-state index contributed by atoms with van der Waals surface area (Å²) >= 11 is 6.18. The van der Waals surface area contributed by atoms with Crippen LogP contribution in [-0.4, -0.2) is 50.4 Å². The van der Waals surface area contributed by atoms with Gasteiger partial charge in [-0.2, -0.15) is 0 Å². The Morgan fingerprint density at radius 3 is 2.90 bits per heavy atom. The molecule has 0 amide bonds. The Kier molecular flexibility index (Phi) is 9.11. The molecule has 1 aromatic heterocycles. The maximum absolute atomic E-state index is 10.6. The molecule has 2 aromatic rings. The fourth-order valence-corrected chi connectivity index (χ4v) is 3.58. The third-order valence-electron chi connectivity index (χ3n) is 4.95. The maximum atomic E-state index is 10.6. The number of rotatable bonds is 7. The molecule has 166 valence electrons. The summed E-state index contributed by atoms with van der Waals surface area (Å²) in [5.41, 5.74) is -0.172. The fourth-order valence-electron chi connectivity index (χ4n) is 3.42. The zero-order valence-electron chi connectivity index (χ0n) is 17.5. The van der Waals surface area contributed by atoms with Gasteiger partial charge in [0.2, 0.25) is 0 Å². The van der Waals surface area contributed by atoms with E-state index in [1.807, 2.05) is 25.1 Å². The SMILES string of the molecule is CCNC(=NCC(C)(O)c1ccco1)NC1CCN(c2cc(Cl)ccc2OC)C1.I. The van der Waals surface area contributed by atoms with Crippen LogP contribution in [0, 0.1) is 0 Å². The van der Waals surface area contributed by atoms with E-state index in [9.17, 15) is 5.11 Å². The molecule has 1 saturated heterocycles. The number of methoxy groups -OCH3 is 1. The first kappa shape index (κ1) is 24.6. The smallest absolute Gasteiger partial charge is 0.191 e. The van der Waals surface area contributed by atoms with E-state index in [1.54, 1.807) is 32.4 Å². The van der Waals surface area contributed by atoms with Gasteiger partial charge in [0.1, 0.15) is 17.1 Å². The number of aliphatic imine (C=N–C) groups is 1. The number of hydrogen-bond acceptors (Lipinski definition) is 5. The molecule has 2 unspecified atom stereocenters. The Hall–Kier alpha value is -1.65. The zero-order valence-corrected chi connectivity index (χ0v) is 20.6. The van der Waals surface area contributed by atoms with Crippen molar-refractivity contribution in [3.63, 3.8) is 0 Å². The largest absolute Gasteiger partial charge is 0.495 e. The van der Waals surface area contributed by atoms with E-state index < -0.39 is 5.60 Å². The van der Waals surface area contributed by atoms with Crippen molar-refractivity contribution in [3.8, 4) is 5.75 Å². The molecule has 7 nitrogen and oxygen atoms in total. The molecule has 0 radical (unpaired) electrons. The van der Waals surface area contributed by atoms with Crippen molar-refractivity contribution in [2.75, 3.05) is 38.2 Å². The molecule has 3 N–H and O–H groups in total. The highest BCUT2D eigenvalue weighted by molar-refractivity contribution is 14.0. The number of aliphatic hydroxyl groups is 1. The van der Waals surface area contributed by atoms with Gasteiger partial charge in [-0.15, -0.1) is 24.0 Å². The normalized spacial score (nSPS) is 18.5. The topological polar surface area (TPSA) is 82.3 Å². The Labute approximate surface area is 199 Å². The van der Waals surface area contributed by atoms with Gasteiger partial charge >= 0.3 is 0 Å². The molecule has 1 aromatic carbocycles. The number of ether oxygens (including phenoxy) is 1. The molecule has 2 heterocycles. The van der Waals surface area contributed by atoms with Gasteiger partial charge in [-0.25, -0.2) is 4.99 Å². The monoisotopic (exact) mass is 548 g/mol. The van der Waals surface area contributed by atoms with Gasteiger partial charge in [0.15, 0.2) is 5.96 Å². The summed E-state index contributed by atoms with van der Waals surface area (Å²) in [5, 5.41) is 18.0. The second-order valence-electron chi connectivity index (χ2n) is 7.34. The van der Waals surface area contributed by atoms with Crippen molar-refractivity contribution in [3.05, 3.63) is 47.4 Å². The van der Waals surface area contributed by atoms with Crippen molar-refractivity contribution < 1.29 is 14.3 Å². The number of halogens is 2. The van der Waals surface area contributed by atoms with Crippen LogP contribution in [0.4, 0.5) is 5.69 Å². The van der Waals surface area contributed by atoms with Crippen LogP contribution < -0.4 is 20.3 Å². The molecule has 3 rings (SSSR count). The van der Waals surface area contributed by atoms with E-state index in [1.165, 1.54) is 0 Å². The summed E-state index contributed by atoms with van der Waals surface area (Å²) in [6.07, 6.45) is 2.50. The maximum Gasteiger partial charge on any atom is 0.191 e. The first-order chi connectivity index (χ1) is 13.9. The summed E-state index contributed by atoms with van der Waals surface area (Å²) in [4.78, 5) is 6.83. The van der Waals surface area contributed by atoms with Crippen LogP contribution in [0.2, 0.25) is 5.02 Å². The van der Waals surface area contributed by atoms with E-state index in [0.717, 1.165) is 37.5 Å². The van der Waals surface area contributed by atoms with E-state index in [-0.39, 0.29) is 36.6 Å². The van der Waals surface area contributed by atoms with E-state index in [4.69, 9.17) is 20.8 Å². The first-order valence-corrected chi connectivity index (χ1v) is 10.2. The summed E-state index contributed by atoms with van der Waals surface area (Å²) in [6, 6.07) is 9.38. The van der Waals surface area contributed by atoms with Crippen molar-refractivity contribution in [1.82, 2.24) is 10.6 Å². The van der Waals surface area contributed by atoms with Crippen LogP contribution in [0.3, 0.4) is 0 Å². The molecule has 0 bridgehead atoms. The van der Waals surface area contributed by atoms with Gasteiger partial charge in [0.25, 0.3) is 0 Å². The Morgan fingerprint density at radius 2 is 2.23 bits per heavy atom. The summed E-state index contributed by atoms with van der Waals surface area (Å²) in [6.45, 7) is 6.32. The number of guanidine groups is 1. The lowest BCUT2D eigenvalue weighted by atomic mass is 10.0. The lowest BCUT2D eigenvalue weighted by Gasteiger charge is -2.23. The van der Waals surface area contributed by atoms with Crippen LogP contribution in [-0.2, 0) is 5.60 Å². The van der Waals surface area contributed by atoms with Crippen molar-refractivity contribution in [1.29, 1.82) is 0 Å². The molecule has 1 aliphatic heterocycles. The molecule has 2 atom stereocenters. The predicted molar refractivity (Wildman–Crippen MR) is 131 cm³/mol. The Bertz CT molecular complexity index is 830. The van der Waals surface area contributed by atoms with Crippen LogP contribution in [0.1, 0.15) is 26.0 Å². The van der Waals surface area contributed by atoms with Crippen LogP contribution in [0.15, 0.2) is 46.0 Å². The molecule has 1 aliphatic rings. The van der Waals surface area contributed by atoms with Gasteiger partial charge in [0, 0.05) is 30.7 Å². The van der Waals surface area contributed by atoms with E-state index in [0.29, 0.717) is 16.7 Å². The average molecular weight is 549 g/mol. The number of furan rings is 1. The summed E-state index contributed by atoms with van der Waals surface area (Å²) in [5.74, 6) is 1.98. The molecule has 9 heteroatoms. The van der Waals surface area contributed by atoms with Crippen molar-refractivity contribution in [2.24, 2.45) is 4.99 Å². The lowest BCUT2D eigenvalue weighted by Crippen LogP contribution is -2.45. The minimum atomic E-state index is -1.16. The average Bonchev–Trinajstić information content (AvgIpc) is 3.39. The standard InChI is InChI=1S/C21H29ClN4O3.HI/c1-4-23-20(24-14-21(2,27)19-6-5-11-29-19)25-16-9-10-26(13-16)17-12-15(22)7-8-18(17)28-3;/h5-8,11-12,16,27H,4,9-10,13-14H2,1-3H3,(H2,23,24,25);1H. The Balaban J connectivity index is 0.00000320. The molecule has 1 fully saturated rings. The minimum Gasteiger partial charge on any atom is -0.495 e. The molecule has 0 aliphatic carbocycles. The third kappa shape index (κ3) is 6.18. The van der Waals surface area contributed by atoms with Gasteiger partial charge in [-0.3, -0.25) is 0 Å². The second kappa shape index (κ2) is 11.1. The predicted octanol–water partition coefficient (Wildman–Crippen LogP) is 3.60. The highest BCUT2D eigenvalue weighted by Gasteiger charge is 2.28. The minimum absolute atomic E-state index is 0. The first-order valence-electron chi connectivity index (χ1n) is 9.82.